The van der Waals surface area contributed by atoms with Gasteiger partial charge in [0.2, 0.25) is 0 Å². The number of rotatable bonds is 4. The molecule has 1 aliphatic heterocycles. The summed E-state index contributed by atoms with van der Waals surface area (Å²) >= 11 is 0. The van der Waals surface area contributed by atoms with Gasteiger partial charge in [0.1, 0.15) is 0 Å². The molecule has 0 spiro atoms. The Labute approximate surface area is 121 Å². The first kappa shape index (κ1) is 15.0. The fourth-order valence-corrected chi connectivity index (χ4v) is 2.77. The van der Waals surface area contributed by atoms with Crippen LogP contribution in [0, 0.1) is 19.8 Å². The van der Waals surface area contributed by atoms with E-state index in [1.807, 2.05) is 30.9 Å². The molecule has 0 aromatic carbocycles. The van der Waals surface area contributed by atoms with Gasteiger partial charge in [-0.05, 0) is 57.8 Å². The number of amides is 1. The van der Waals surface area contributed by atoms with Gasteiger partial charge in [0.15, 0.2) is 0 Å². The van der Waals surface area contributed by atoms with Crippen LogP contribution in [0.4, 0.5) is 0 Å². The molecule has 4 heteroatoms. The van der Waals surface area contributed by atoms with Crippen molar-refractivity contribution in [3.05, 3.63) is 29.1 Å². The molecular formula is C16H25N3O. The highest BCUT2D eigenvalue weighted by Gasteiger charge is 2.24. The Morgan fingerprint density at radius 3 is 2.65 bits per heavy atom. The van der Waals surface area contributed by atoms with Crippen LogP contribution in [-0.2, 0) is 0 Å². The number of nitrogens with zero attached hydrogens (tertiary/aromatic N) is 2. The van der Waals surface area contributed by atoms with Crippen LogP contribution in [-0.4, -0.2) is 42.0 Å². The third-order valence-corrected chi connectivity index (χ3v) is 4.04. The van der Waals surface area contributed by atoms with Crippen molar-refractivity contribution >= 4 is 5.91 Å². The highest BCUT2D eigenvalue weighted by Crippen LogP contribution is 2.19. The van der Waals surface area contributed by atoms with E-state index in [9.17, 15) is 4.79 Å². The van der Waals surface area contributed by atoms with Gasteiger partial charge in [-0.25, -0.2) is 0 Å². The Balaban J connectivity index is 1.94. The van der Waals surface area contributed by atoms with Gasteiger partial charge >= 0.3 is 0 Å². The molecule has 1 saturated heterocycles. The van der Waals surface area contributed by atoms with Crippen LogP contribution in [0.3, 0.4) is 0 Å². The zero-order valence-electron chi connectivity index (χ0n) is 12.8. The first-order chi connectivity index (χ1) is 9.61. The van der Waals surface area contributed by atoms with Crippen LogP contribution < -0.4 is 5.32 Å². The molecule has 110 valence electrons. The van der Waals surface area contributed by atoms with Gasteiger partial charge in [0.25, 0.3) is 5.91 Å². The van der Waals surface area contributed by atoms with E-state index in [2.05, 4.69) is 17.2 Å². The Morgan fingerprint density at radius 2 is 2.05 bits per heavy atom. The molecule has 20 heavy (non-hydrogen) atoms. The Kier molecular flexibility index (Phi) is 5.12. The summed E-state index contributed by atoms with van der Waals surface area (Å²) in [4.78, 5) is 18.9. The smallest absolute Gasteiger partial charge is 0.255 e. The van der Waals surface area contributed by atoms with E-state index in [-0.39, 0.29) is 5.91 Å². The molecule has 0 atom stereocenters. The minimum atomic E-state index is 0.136. The van der Waals surface area contributed by atoms with Crippen LogP contribution in [0.5, 0.6) is 0 Å². The van der Waals surface area contributed by atoms with Gasteiger partial charge in [-0.15, -0.1) is 0 Å². The molecular weight excluding hydrogens is 250 g/mol. The maximum absolute atomic E-state index is 12.5. The van der Waals surface area contributed by atoms with Crippen LogP contribution in [0.25, 0.3) is 0 Å². The second-order valence-corrected chi connectivity index (χ2v) is 5.63. The minimum Gasteiger partial charge on any atom is -0.339 e. The molecule has 0 saturated carbocycles. The minimum absolute atomic E-state index is 0.136. The number of hydrogen-bond acceptors (Lipinski definition) is 3. The SMILES string of the molecule is CCNCC1CCN(C(=O)c2ccc(C)nc2C)CC1. The van der Waals surface area contributed by atoms with Crippen molar-refractivity contribution in [1.29, 1.82) is 0 Å². The van der Waals surface area contributed by atoms with E-state index < -0.39 is 0 Å². The number of nitrogens with one attached hydrogen (secondary N) is 1. The summed E-state index contributed by atoms with van der Waals surface area (Å²) in [6.07, 6.45) is 2.19. The van der Waals surface area contributed by atoms with E-state index in [0.29, 0.717) is 5.92 Å². The normalized spacial score (nSPS) is 16.4. The molecule has 1 aromatic rings. The van der Waals surface area contributed by atoms with E-state index >= 15 is 0 Å². The van der Waals surface area contributed by atoms with Crippen molar-refractivity contribution in [1.82, 2.24) is 15.2 Å². The molecule has 4 nitrogen and oxygen atoms in total. The van der Waals surface area contributed by atoms with E-state index in [4.69, 9.17) is 0 Å². The van der Waals surface area contributed by atoms with Gasteiger partial charge in [0.05, 0.1) is 11.3 Å². The molecule has 0 aliphatic carbocycles. The standard InChI is InChI=1S/C16H25N3O/c1-4-17-11-14-7-9-19(10-8-14)16(20)15-6-5-12(2)18-13(15)3/h5-6,14,17H,4,7-11H2,1-3H3. The van der Waals surface area contributed by atoms with Crippen molar-refractivity contribution in [2.24, 2.45) is 5.92 Å². The molecule has 2 rings (SSSR count). The molecule has 1 aromatic heterocycles. The van der Waals surface area contributed by atoms with Crippen LogP contribution in [0.2, 0.25) is 0 Å². The fraction of sp³-hybridized carbons (Fsp3) is 0.625. The van der Waals surface area contributed by atoms with Crippen molar-refractivity contribution in [3.8, 4) is 0 Å². The summed E-state index contributed by atoms with van der Waals surface area (Å²) in [6, 6.07) is 3.82. The summed E-state index contributed by atoms with van der Waals surface area (Å²) in [5.41, 5.74) is 2.55. The lowest BCUT2D eigenvalue weighted by atomic mass is 9.96. The first-order valence-corrected chi connectivity index (χ1v) is 7.56. The van der Waals surface area contributed by atoms with E-state index in [0.717, 1.165) is 56.0 Å². The van der Waals surface area contributed by atoms with E-state index in [1.165, 1.54) is 0 Å². The number of hydrogen-bond donors (Lipinski definition) is 1. The van der Waals surface area contributed by atoms with Gasteiger partial charge < -0.3 is 10.2 Å². The number of aryl methyl sites for hydroxylation is 2. The zero-order chi connectivity index (χ0) is 14.5. The predicted molar refractivity (Wildman–Crippen MR) is 80.9 cm³/mol. The molecule has 1 amide bonds. The number of carbonyl (C=O) groups excluding carboxylic acids is 1. The van der Waals surface area contributed by atoms with E-state index in [1.54, 1.807) is 0 Å². The molecule has 0 radical (unpaired) electrons. The number of carbonyl (C=O) groups is 1. The largest absolute Gasteiger partial charge is 0.339 e. The lowest BCUT2D eigenvalue weighted by Crippen LogP contribution is -2.41. The van der Waals surface area contributed by atoms with Crippen LogP contribution in [0.15, 0.2) is 12.1 Å². The number of pyridine rings is 1. The van der Waals surface area contributed by atoms with Crippen molar-refractivity contribution in [2.45, 2.75) is 33.6 Å². The molecule has 0 bridgehead atoms. The van der Waals surface area contributed by atoms with Crippen LogP contribution >= 0.6 is 0 Å². The summed E-state index contributed by atoms with van der Waals surface area (Å²) in [5, 5.41) is 3.40. The fourth-order valence-electron chi connectivity index (χ4n) is 2.77. The predicted octanol–water partition coefficient (Wildman–Crippen LogP) is 2.16. The second-order valence-electron chi connectivity index (χ2n) is 5.63. The summed E-state index contributed by atoms with van der Waals surface area (Å²) in [7, 11) is 0. The third-order valence-electron chi connectivity index (χ3n) is 4.04. The van der Waals surface area contributed by atoms with Crippen molar-refractivity contribution in [2.75, 3.05) is 26.2 Å². The topological polar surface area (TPSA) is 45.2 Å². The zero-order valence-corrected chi connectivity index (χ0v) is 12.8. The van der Waals surface area contributed by atoms with Crippen molar-refractivity contribution < 1.29 is 4.79 Å². The molecule has 1 fully saturated rings. The summed E-state index contributed by atoms with van der Waals surface area (Å²) in [5.74, 6) is 0.841. The van der Waals surface area contributed by atoms with Gasteiger partial charge in [-0.1, -0.05) is 6.92 Å². The summed E-state index contributed by atoms with van der Waals surface area (Å²) < 4.78 is 0. The highest BCUT2D eigenvalue weighted by atomic mass is 16.2. The number of likely N-dealkylation sites (tertiary alicyclic amines) is 1. The molecule has 1 aliphatic rings. The molecule has 0 unspecified atom stereocenters. The van der Waals surface area contributed by atoms with Crippen LogP contribution in [0.1, 0.15) is 41.5 Å². The quantitative estimate of drug-likeness (QED) is 0.916. The Morgan fingerprint density at radius 1 is 1.35 bits per heavy atom. The maximum atomic E-state index is 12.5. The second kappa shape index (κ2) is 6.84. The first-order valence-electron chi connectivity index (χ1n) is 7.56. The summed E-state index contributed by atoms with van der Waals surface area (Å²) in [6.45, 7) is 9.82. The van der Waals surface area contributed by atoms with Crippen molar-refractivity contribution in [3.63, 3.8) is 0 Å². The van der Waals surface area contributed by atoms with Gasteiger partial charge in [-0.3, -0.25) is 9.78 Å². The molecule has 1 N–H and O–H groups in total. The lowest BCUT2D eigenvalue weighted by molar-refractivity contribution is 0.0689. The maximum Gasteiger partial charge on any atom is 0.255 e. The highest BCUT2D eigenvalue weighted by molar-refractivity contribution is 5.95. The monoisotopic (exact) mass is 275 g/mol. The average molecular weight is 275 g/mol. The average Bonchev–Trinajstić information content (AvgIpc) is 2.45. The molecule has 2 heterocycles. The third kappa shape index (κ3) is 3.57. The van der Waals surface area contributed by atoms with Gasteiger partial charge in [0, 0.05) is 18.8 Å². The Bertz CT molecular complexity index is 465. The number of piperidine rings is 1. The van der Waals surface area contributed by atoms with Gasteiger partial charge in [-0.2, -0.15) is 0 Å². The number of aromatic nitrogens is 1. The Hall–Kier alpha value is -1.42. The lowest BCUT2D eigenvalue weighted by Gasteiger charge is -2.32.